The smallest absolute Gasteiger partial charge is 0.236 e. The van der Waals surface area contributed by atoms with Crippen molar-refractivity contribution in [3.05, 3.63) is 0 Å². The van der Waals surface area contributed by atoms with Gasteiger partial charge in [-0.25, -0.2) is 0 Å². The molecule has 3 heteroatoms. The monoisotopic (exact) mass is 254 g/mol. The second-order valence-electron chi connectivity index (χ2n) is 5.98. The first-order valence-corrected chi connectivity index (χ1v) is 7.60. The largest absolute Gasteiger partial charge is 0.355 e. The Hall–Kier alpha value is -0.570. The summed E-state index contributed by atoms with van der Waals surface area (Å²) in [6, 6.07) is 0.446. The van der Waals surface area contributed by atoms with E-state index in [0.29, 0.717) is 12.0 Å². The van der Waals surface area contributed by atoms with Crippen LogP contribution in [0, 0.1) is 11.8 Å². The van der Waals surface area contributed by atoms with Gasteiger partial charge in [-0.1, -0.05) is 33.6 Å². The Morgan fingerprint density at radius 3 is 2.50 bits per heavy atom. The number of hydrogen-bond donors (Lipinski definition) is 2. The number of carbonyl (C=O) groups is 1. The summed E-state index contributed by atoms with van der Waals surface area (Å²) in [5.41, 5.74) is 0. The van der Waals surface area contributed by atoms with Gasteiger partial charge in [0.05, 0.1) is 6.04 Å². The van der Waals surface area contributed by atoms with Crippen molar-refractivity contribution >= 4 is 5.91 Å². The van der Waals surface area contributed by atoms with E-state index in [9.17, 15) is 4.79 Å². The quantitative estimate of drug-likeness (QED) is 0.765. The molecule has 1 amide bonds. The van der Waals surface area contributed by atoms with Gasteiger partial charge >= 0.3 is 0 Å². The van der Waals surface area contributed by atoms with Crippen molar-refractivity contribution in [1.29, 1.82) is 0 Å². The molecule has 0 aromatic rings. The van der Waals surface area contributed by atoms with Gasteiger partial charge in [0, 0.05) is 12.6 Å². The van der Waals surface area contributed by atoms with Gasteiger partial charge in [-0.05, 0) is 38.0 Å². The standard InChI is InChI=1S/C15H30N2O/c1-5-10-16-15(18)12(4)17-14-9-7-6-8-13(14)11(2)3/h11-14,17H,5-10H2,1-4H3,(H,16,18). The van der Waals surface area contributed by atoms with E-state index < -0.39 is 0 Å². The minimum absolute atomic E-state index is 0.0686. The predicted octanol–water partition coefficient (Wildman–Crippen LogP) is 2.71. The Morgan fingerprint density at radius 1 is 1.22 bits per heavy atom. The molecule has 0 aliphatic heterocycles. The molecular formula is C15H30N2O. The van der Waals surface area contributed by atoms with Crippen molar-refractivity contribution < 1.29 is 4.79 Å². The first kappa shape index (κ1) is 15.5. The molecule has 18 heavy (non-hydrogen) atoms. The molecule has 106 valence electrons. The van der Waals surface area contributed by atoms with Crippen LogP contribution in [0.3, 0.4) is 0 Å². The Balaban J connectivity index is 2.45. The summed E-state index contributed by atoms with van der Waals surface area (Å²) < 4.78 is 0. The molecule has 3 atom stereocenters. The lowest BCUT2D eigenvalue weighted by Crippen LogP contribution is -2.50. The van der Waals surface area contributed by atoms with Crippen LogP contribution in [0.4, 0.5) is 0 Å². The molecule has 1 aliphatic rings. The molecular weight excluding hydrogens is 224 g/mol. The van der Waals surface area contributed by atoms with E-state index >= 15 is 0 Å². The van der Waals surface area contributed by atoms with Gasteiger partial charge in [-0.2, -0.15) is 0 Å². The third-order valence-corrected chi connectivity index (χ3v) is 4.08. The summed E-state index contributed by atoms with van der Waals surface area (Å²) in [5.74, 6) is 1.57. The molecule has 0 aromatic heterocycles. The van der Waals surface area contributed by atoms with Gasteiger partial charge in [0.25, 0.3) is 0 Å². The Labute approximate surface area is 112 Å². The third kappa shape index (κ3) is 4.60. The van der Waals surface area contributed by atoms with Crippen molar-refractivity contribution in [1.82, 2.24) is 10.6 Å². The molecule has 0 bridgehead atoms. The van der Waals surface area contributed by atoms with Crippen LogP contribution >= 0.6 is 0 Å². The lowest BCUT2D eigenvalue weighted by Gasteiger charge is -2.36. The Kier molecular flexibility index (Phi) is 6.69. The topological polar surface area (TPSA) is 41.1 Å². The van der Waals surface area contributed by atoms with Crippen LogP contribution in [0.1, 0.15) is 59.8 Å². The van der Waals surface area contributed by atoms with E-state index in [1.165, 1.54) is 25.7 Å². The fraction of sp³-hybridized carbons (Fsp3) is 0.933. The molecule has 1 fully saturated rings. The van der Waals surface area contributed by atoms with Crippen LogP contribution in [0.25, 0.3) is 0 Å². The number of rotatable bonds is 6. The lowest BCUT2D eigenvalue weighted by atomic mass is 9.77. The zero-order valence-electron chi connectivity index (χ0n) is 12.5. The average Bonchev–Trinajstić information content (AvgIpc) is 2.36. The summed E-state index contributed by atoms with van der Waals surface area (Å²) in [5, 5.41) is 6.51. The molecule has 0 saturated heterocycles. The van der Waals surface area contributed by atoms with Gasteiger partial charge < -0.3 is 10.6 Å². The highest BCUT2D eigenvalue weighted by atomic mass is 16.2. The zero-order chi connectivity index (χ0) is 13.5. The molecule has 0 aromatic carbocycles. The van der Waals surface area contributed by atoms with Gasteiger partial charge in [-0.15, -0.1) is 0 Å². The lowest BCUT2D eigenvalue weighted by molar-refractivity contribution is -0.123. The van der Waals surface area contributed by atoms with E-state index in [1.54, 1.807) is 0 Å². The summed E-state index contributed by atoms with van der Waals surface area (Å²) in [6.45, 7) is 9.44. The maximum absolute atomic E-state index is 11.9. The van der Waals surface area contributed by atoms with Crippen molar-refractivity contribution in [3.63, 3.8) is 0 Å². The zero-order valence-corrected chi connectivity index (χ0v) is 12.5. The van der Waals surface area contributed by atoms with Crippen LogP contribution in [-0.2, 0) is 4.79 Å². The van der Waals surface area contributed by atoms with Crippen molar-refractivity contribution in [2.75, 3.05) is 6.54 Å². The highest BCUT2D eigenvalue weighted by Gasteiger charge is 2.29. The maximum atomic E-state index is 11.9. The summed E-state index contributed by atoms with van der Waals surface area (Å²) in [6.07, 6.45) is 6.16. The Bertz CT molecular complexity index is 253. The van der Waals surface area contributed by atoms with Crippen LogP contribution in [0.15, 0.2) is 0 Å². The molecule has 1 aliphatic carbocycles. The number of amides is 1. The molecule has 1 rings (SSSR count). The summed E-state index contributed by atoms with van der Waals surface area (Å²) >= 11 is 0. The number of hydrogen-bond acceptors (Lipinski definition) is 2. The molecule has 0 radical (unpaired) electrons. The summed E-state index contributed by atoms with van der Waals surface area (Å²) in [7, 11) is 0. The van der Waals surface area contributed by atoms with E-state index in [-0.39, 0.29) is 11.9 Å². The van der Waals surface area contributed by atoms with E-state index in [1.807, 2.05) is 6.92 Å². The number of nitrogens with one attached hydrogen (secondary N) is 2. The average molecular weight is 254 g/mol. The summed E-state index contributed by atoms with van der Waals surface area (Å²) in [4.78, 5) is 11.9. The molecule has 0 heterocycles. The first-order valence-electron chi connectivity index (χ1n) is 7.60. The van der Waals surface area contributed by atoms with Crippen LogP contribution < -0.4 is 10.6 Å². The van der Waals surface area contributed by atoms with Gasteiger partial charge in [0.2, 0.25) is 5.91 Å². The predicted molar refractivity (Wildman–Crippen MR) is 76.5 cm³/mol. The highest BCUT2D eigenvalue weighted by Crippen LogP contribution is 2.30. The highest BCUT2D eigenvalue weighted by molar-refractivity contribution is 5.81. The van der Waals surface area contributed by atoms with Crippen LogP contribution in [0.5, 0.6) is 0 Å². The fourth-order valence-electron chi connectivity index (χ4n) is 2.96. The second kappa shape index (κ2) is 7.78. The van der Waals surface area contributed by atoms with Gasteiger partial charge in [-0.3, -0.25) is 4.79 Å². The normalized spacial score (nSPS) is 26.1. The maximum Gasteiger partial charge on any atom is 0.236 e. The van der Waals surface area contributed by atoms with Gasteiger partial charge in [0.1, 0.15) is 0 Å². The van der Waals surface area contributed by atoms with Gasteiger partial charge in [0.15, 0.2) is 0 Å². The molecule has 3 nitrogen and oxygen atoms in total. The van der Waals surface area contributed by atoms with Crippen molar-refractivity contribution in [2.45, 2.75) is 71.9 Å². The minimum atomic E-state index is -0.0686. The van der Waals surface area contributed by atoms with E-state index in [0.717, 1.165) is 18.9 Å². The van der Waals surface area contributed by atoms with Crippen molar-refractivity contribution in [2.24, 2.45) is 11.8 Å². The first-order chi connectivity index (χ1) is 8.56. The Morgan fingerprint density at radius 2 is 1.89 bits per heavy atom. The van der Waals surface area contributed by atoms with E-state index in [2.05, 4.69) is 31.4 Å². The fourth-order valence-corrected chi connectivity index (χ4v) is 2.96. The molecule has 0 spiro atoms. The van der Waals surface area contributed by atoms with Crippen molar-refractivity contribution in [3.8, 4) is 0 Å². The molecule has 3 unspecified atom stereocenters. The molecule has 1 saturated carbocycles. The van der Waals surface area contributed by atoms with E-state index in [4.69, 9.17) is 0 Å². The minimum Gasteiger partial charge on any atom is -0.355 e. The SMILES string of the molecule is CCCNC(=O)C(C)NC1CCCCC1C(C)C. The number of carbonyl (C=O) groups excluding carboxylic acids is 1. The van der Waals surface area contributed by atoms with Crippen LogP contribution in [-0.4, -0.2) is 24.5 Å². The second-order valence-corrected chi connectivity index (χ2v) is 5.98. The van der Waals surface area contributed by atoms with Crippen LogP contribution in [0.2, 0.25) is 0 Å². The third-order valence-electron chi connectivity index (χ3n) is 4.08. The molecule has 2 N–H and O–H groups in total.